The summed E-state index contributed by atoms with van der Waals surface area (Å²) in [5, 5.41) is 0. The molecule has 38 heavy (non-hydrogen) atoms. The van der Waals surface area contributed by atoms with Crippen LogP contribution in [-0.4, -0.2) is 12.6 Å². The van der Waals surface area contributed by atoms with E-state index in [1.165, 1.54) is 50.5 Å². The lowest BCUT2D eigenvalue weighted by Crippen LogP contribution is -2.08. The number of rotatable bonds is 17. The molecule has 0 N–H and O–H groups in total. The van der Waals surface area contributed by atoms with Crippen LogP contribution in [-0.2, 0) is 6.42 Å². The molecular weight excluding hydrogens is 468 g/mol. The Morgan fingerprint density at radius 2 is 1.32 bits per heavy atom. The maximum Gasteiger partial charge on any atom is 0.343 e. The smallest absolute Gasteiger partial charge is 0.343 e. The molecule has 0 amide bonds. The number of hydrogen-bond donors (Lipinski definition) is 0. The Morgan fingerprint density at radius 1 is 0.763 bits per heavy atom. The van der Waals surface area contributed by atoms with Gasteiger partial charge in [0.05, 0.1) is 12.2 Å². The number of ether oxygens (including phenoxy) is 2. The largest absolute Gasteiger partial charge is 0.494 e. The first-order valence-corrected chi connectivity index (χ1v) is 14.3. The fourth-order valence-electron chi connectivity index (χ4n) is 4.41. The third-order valence-corrected chi connectivity index (χ3v) is 7.04. The minimum Gasteiger partial charge on any atom is -0.494 e. The second-order valence-electron chi connectivity index (χ2n) is 10.3. The van der Waals surface area contributed by atoms with Crippen molar-refractivity contribution in [3.63, 3.8) is 0 Å². The molecule has 0 aromatic heterocycles. The van der Waals surface area contributed by atoms with Crippen LogP contribution < -0.4 is 9.47 Å². The summed E-state index contributed by atoms with van der Waals surface area (Å²) in [4.78, 5) is 12.6. The van der Waals surface area contributed by atoms with Gasteiger partial charge in [-0.15, -0.1) is 6.58 Å². The predicted molar refractivity (Wildman–Crippen MR) is 159 cm³/mol. The van der Waals surface area contributed by atoms with Crippen molar-refractivity contribution in [2.75, 3.05) is 6.61 Å². The summed E-state index contributed by atoms with van der Waals surface area (Å²) in [7, 11) is 0. The fourth-order valence-corrected chi connectivity index (χ4v) is 4.41. The van der Waals surface area contributed by atoms with Crippen LogP contribution in [0.15, 0.2) is 85.5 Å². The average molecular weight is 513 g/mol. The summed E-state index contributed by atoms with van der Waals surface area (Å²) in [6, 6.07) is 23.6. The minimum atomic E-state index is -0.362. The van der Waals surface area contributed by atoms with E-state index in [4.69, 9.17) is 9.47 Å². The zero-order valence-electron chi connectivity index (χ0n) is 23.3. The van der Waals surface area contributed by atoms with Gasteiger partial charge in [0.1, 0.15) is 11.5 Å². The third kappa shape index (κ3) is 10.2. The maximum atomic E-state index is 12.6. The molecule has 202 valence electrons. The lowest BCUT2D eigenvalue weighted by atomic mass is 9.96. The Kier molecular flexibility index (Phi) is 12.7. The zero-order chi connectivity index (χ0) is 27.0. The highest BCUT2D eigenvalue weighted by Crippen LogP contribution is 2.23. The molecule has 3 aromatic carbocycles. The van der Waals surface area contributed by atoms with Gasteiger partial charge in [-0.05, 0) is 84.7 Å². The molecule has 0 saturated heterocycles. The van der Waals surface area contributed by atoms with Crippen molar-refractivity contribution >= 4 is 5.97 Å². The summed E-state index contributed by atoms with van der Waals surface area (Å²) in [6.07, 6.45) is 14.1. The topological polar surface area (TPSA) is 35.5 Å². The van der Waals surface area contributed by atoms with Crippen molar-refractivity contribution in [2.24, 2.45) is 5.92 Å². The first-order chi connectivity index (χ1) is 18.6. The molecule has 3 aromatic rings. The van der Waals surface area contributed by atoms with Crippen molar-refractivity contribution in [3.05, 3.63) is 96.6 Å². The third-order valence-electron chi connectivity index (χ3n) is 7.04. The standard InChI is InChI=1S/C35H44O3/c1-4-6-7-8-9-10-11-12-13-26-37-33-22-24-34(25-23-33)38-35(36)32-20-18-31(19-21-32)30-16-14-29(15-17-30)27-28(3)5-2/h4,14-25,28H,1,5-13,26-27H2,2-3H3. The predicted octanol–water partition coefficient (Wildman–Crippen LogP) is 9.85. The van der Waals surface area contributed by atoms with E-state index < -0.39 is 0 Å². The SMILES string of the molecule is C=CCCCCCCCCCOc1ccc(OC(=O)c2ccc(-c3ccc(CC(C)CC)cc3)cc2)cc1. The van der Waals surface area contributed by atoms with Gasteiger partial charge in [0.15, 0.2) is 0 Å². The molecule has 3 nitrogen and oxygen atoms in total. The molecule has 0 aliphatic heterocycles. The van der Waals surface area contributed by atoms with Crippen molar-refractivity contribution < 1.29 is 14.3 Å². The monoisotopic (exact) mass is 512 g/mol. The normalized spacial score (nSPS) is 11.6. The molecule has 0 spiro atoms. The fraction of sp³-hybridized carbons (Fsp3) is 0.400. The quantitative estimate of drug-likeness (QED) is 0.0781. The van der Waals surface area contributed by atoms with Crippen LogP contribution in [0, 0.1) is 5.92 Å². The number of esters is 1. The van der Waals surface area contributed by atoms with E-state index in [2.05, 4.69) is 44.7 Å². The maximum absolute atomic E-state index is 12.6. The van der Waals surface area contributed by atoms with E-state index in [1.54, 1.807) is 12.1 Å². The number of unbranched alkanes of at least 4 members (excludes halogenated alkanes) is 7. The van der Waals surface area contributed by atoms with Gasteiger partial charge in [-0.3, -0.25) is 0 Å². The molecule has 3 rings (SSSR count). The Morgan fingerprint density at radius 3 is 1.92 bits per heavy atom. The Hall–Kier alpha value is -3.33. The summed E-state index contributed by atoms with van der Waals surface area (Å²) >= 11 is 0. The Balaban J connectivity index is 1.38. The van der Waals surface area contributed by atoms with Crippen LogP contribution in [0.3, 0.4) is 0 Å². The van der Waals surface area contributed by atoms with E-state index >= 15 is 0 Å². The summed E-state index contributed by atoms with van der Waals surface area (Å²) in [6.45, 7) is 8.99. The van der Waals surface area contributed by atoms with Gasteiger partial charge < -0.3 is 9.47 Å². The average Bonchev–Trinajstić information content (AvgIpc) is 2.95. The van der Waals surface area contributed by atoms with Crippen LogP contribution in [0.4, 0.5) is 0 Å². The lowest BCUT2D eigenvalue weighted by molar-refractivity contribution is 0.0734. The molecule has 1 unspecified atom stereocenters. The number of benzene rings is 3. The molecular formula is C35H44O3. The van der Waals surface area contributed by atoms with E-state index in [9.17, 15) is 4.79 Å². The van der Waals surface area contributed by atoms with E-state index in [0.29, 0.717) is 23.8 Å². The van der Waals surface area contributed by atoms with Gasteiger partial charge >= 0.3 is 5.97 Å². The molecule has 0 heterocycles. The highest BCUT2D eigenvalue weighted by molar-refractivity contribution is 5.91. The number of carbonyl (C=O) groups is 1. The van der Waals surface area contributed by atoms with Crippen LogP contribution in [0.2, 0.25) is 0 Å². The van der Waals surface area contributed by atoms with Gasteiger partial charge in [-0.2, -0.15) is 0 Å². The van der Waals surface area contributed by atoms with Crippen LogP contribution in [0.5, 0.6) is 11.5 Å². The lowest BCUT2D eigenvalue weighted by Gasteiger charge is -2.10. The number of carbonyl (C=O) groups excluding carboxylic acids is 1. The first kappa shape index (κ1) is 29.2. The molecule has 1 atom stereocenters. The summed E-state index contributed by atoms with van der Waals surface area (Å²) in [5.41, 5.74) is 4.12. The second kappa shape index (κ2) is 16.5. The van der Waals surface area contributed by atoms with Gasteiger partial charge in [0.25, 0.3) is 0 Å². The van der Waals surface area contributed by atoms with E-state index in [0.717, 1.165) is 36.1 Å². The van der Waals surface area contributed by atoms with Crippen molar-refractivity contribution in [2.45, 2.75) is 78.1 Å². The first-order valence-electron chi connectivity index (χ1n) is 14.3. The zero-order valence-corrected chi connectivity index (χ0v) is 23.3. The minimum absolute atomic E-state index is 0.362. The van der Waals surface area contributed by atoms with Gasteiger partial charge in [0.2, 0.25) is 0 Å². The van der Waals surface area contributed by atoms with Gasteiger partial charge in [-0.25, -0.2) is 4.79 Å². The van der Waals surface area contributed by atoms with E-state index in [1.807, 2.05) is 42.5 Å². The molecule has 0 aliphatic carbocycles. The molecule has 0 bridgehead atoms. The summed E-state index contributed by atoms with van der Waals surface area (Å²) < 4.78 is 11.4. The molecule has 0 aliphatic rings. The highest BCUT2D eigenvalue weighted by atomic mass is 16.5. The highest BCUT2D eigenvalue weighted by Gasteiger charge is 2.10. The summed E-state index contributed by atoms with van der Waals surface area (Å²) in [5.74, 6) is 1.64. The van der Waals surface area contributed by atoms with Gasteiger partial charge in [0, 0.05) is 0 Å². The van der Waals surface area contributed by atoms with Gasteiger partial charge in [-0.1, -0.05) is 94.8 Å². The Bertz CT molecular complexity index is 1080. The van der Waals surface area contributed by atoms with E-state index in [-0.39, 0.29) is 5.97 Å². The number of allylic oxidation sites excluding steroid dienone is 1. The van der Waals surface area contributed by atoms with Crippen LogP contribution in [0.25, 0.3) is 11.1 Å². The molecule has 3 heteroatoms. The number of hydrogen-bond acceptors (Lipinski definition) is 3. The van der Waals surface area contributed by atoms with Crippen LogP contribution in [0.1, 0.15) is 87.6 Å². The molecule has 0 saturated carbocycles. The molecule has 0 fully saturated rings. The molecule has 0 radical (unpaired) electrons. The Labute approximate surface area is 229 Å². The van der Waals surface area contributed by atoms with Crippen molar-refractivity contribution in [3.8, 4) is 22.6 Å². The van der Waals surface area contributed by atoms with Crippen molar-refractivity contribution in [1.29, 1.82) is 0 Å². The second-order valence-corrected chi connectivity index (χ2v) is 10.3. The van der Waals surface area contributed by atoms with Crippen molar-refractivity contribution in [1.82, 2.24) is 0 Å². The van der Waals surface area contributed by atoms with Crippen LogP contribution >= 0.6 is 0 Å².